The first kappa shape index (κ1) is 22.1. The van der Waals surface area contributed by atoms with E-state index in [0.29, 0.717) is 10.4 Å². The molecule has 180 valence electrons. The van der Waals surface area contributed by atoms with Crippen LogP contribution in [-0.4, -0.2) is 32.1 Å². The molecule has 3 fully saturated rings. The summed E-state index contributed by atoms with van der Waals surface area (Å²) < 4.78 is 44.1. The summed E-state index contributed by atoms with van der Waals surface area (Å²) in [5.74, 6) is -3.61. The lowest BCUT2D eigenvalue weighted by atomic mass is 9.61. The largest absolute Gasteiger partial charge is 0.481 e. The highest BCUT2D eigenvalue weighted by Gasteiger charge is 2.47. The SMILES string of the molecule is O=C(O)C1C2CCC(CC2)C1Nc1nc(-c2c[nH]c3c(F)cc(F)cc23)nc(-c2cccs2)c1F. The molecule has 35 heavy (non-hydrogen) atoms. The summed E-state index contributed by atoms with van der Waals surface area (Å²) in [4.78, 5) is 24.3. The molecular weight excluding hydrogens is 477 g/mol. The van der Waals surface area contributed by atoms with Crippen molar-refractivity contribution in [3.8, 4) is 22.0 Å². The van der Waals surface area contributed by atoms with Crippen LogP contribution >= 0.6 is 11.3 Å². The van der Waals surface area contributed by atoms with Crippen molar-refractivity contribution in [1.82, 2.24) is 15.0 Å². The Kier molecular flexibility index (Phi) is 5.28. The van der Waals surface area contributed by atoms with Crippen LogP contribution in [0.4, 0.5) is 19.0 Å². The minimum atomic E-state index is -0.896. The molecule has 0 amide bonds. The lowest BCUT2D eigenvalue weighted by Crippen LogP contribution is -2.51. The quantitative estimate of drug-likeness (QED) is 0.311. The molecule has 0 spiro atoms. The van der Waals surface area contributed by atoms with Crippen molar-refractivity contribution in [2.45, 2.75) is 31.7 Å². The standard InChI is InChI=1S/C25H21F3N4O2S/c26-13-8-14-15(10-29-21(14)16(27)9-13)23-31-22(17-2-1-7-35-17)19(28)24(32-23)30-20-12-5-3-11(4-6-12)18(20)25(33)34/h1-2,7-12,18,20,29H,3-6H2,(H,33,34)(H,30,31,32). The normalized spacial score (nSPS) is 23.6. The molecule has 3 aliphatic rings. The second-order valence-electron chi connectivity index (χ2n) is 9.26. The third kappa shape index (κ3) is 3.67. The van der Waals surface area contributed by atoms with E-state index in [1.807, 2.05) is 0 Å². The van der Waals surface area contributed by atoms with E-state index in [1.165, 1.54) is 23.6 Å². The van der Waals surface area contributed by atoms with Gasteiger partial charge in [-0.05, 0) is 55.0 Å². The Morgan fingerprint density at radius 1 is 1.11 bits per heavy atom. The van der Waals surface area contributed by atoms with E-state index in [1.54, 1.807) is 17.5 Å². The zero-order valence-electron chi connectivity index (χ0n) is 18.4. The average molecular weight is 499 g/mol. The Labute approximate surface area is 202 Å². The molecule has 3 saturated carbocycles. The summed E-state index contributed by atoms with van der Waals surface area (Å²) in [6.45, 7) is 0. The maximum Gasteiger partial charge on any atom is 0.308 e. The maximum atomic E-state index is 15.8. The van der Waals surface area contributed by atoms with Gasteiger partial charge < -0.3 is 15.4 Å². The molecule has 3 aromatic heterocycles. The zero-order valence-corrected chi connectivity index (χ0v) is 19.2. The van der Waals surface area contributed by atoms with E-state index < -0.39 is 35.4 Å². The fourth-order valence-corrected chi connectivity index (χ4v) is 6.46. The highest BCUT2D eigenvalue weighted by molar-refractivity contribution is 7.13. The van der Waals surface area contributed by atoms with Gasteiger partial charge in [-0.25, -0.2) is 23.1 Å². The zero-order chi connectivity index (χ0) is 24.3. The van der Waals surface area contributed by atoms with E-state index in [9.17, 15) is 18.7 Å². The number of aromatic nitrogens is 3. The van der Waals surface area contributed by atoms with Crippen LogP contribution in [0.5, 0.6) is 0 Å². The number of nitrogens with one attached hydrogen (secondary N) is 2. The Balaban J connectivity index is 1.50. The van der Waals surface area contributed by atoms with Gasteiger partial charge in [-0.3, -0.25) is 4.79 Å². The van der Waals surface area contributed by atoms with Gasteiger partial charge in [0, 0.05) is 29.3 Å². The molecule has 3 N–H and O–H groups in total. The summed E-state index contributed by atoms with van der Waals surface area (Å²) in [7, 11) is 0. The minimum absolute atomic E-state index is 0.0377. The van der Waals surface area contributed by atoms with E-state index >= 15 is 4.39 Å². The highest BCUT2D eigenvalue weighted by Crippen LogP contribution is 2.47. The molecule has 7 rings (SSSR count). The van der Waals surface area contributed by atoms with Gasteiger partial charge in [0.2, 0.25) is 0 Å². The number of aromatic amines is 1. The van der Waals surface area contributed by atoms with Crippen LogP contribution in [0.15, 0.2) is 35.8 Å². The summed E-state index contributed by atoms with van der Waals surface area (Å²) in [6, 6.07) is 4.98. The predicted molar refractivity (Wildman–Crippen MR) is 126 cm³/mol. The lowest BCUT2D eigenvalue weighted by Gasteiger charge is -2.47. The number of thiophene rings is 1. The lowest BCUT2D eigenvalue weighted by molar-refractivity contribution is -0.148. The summed E-state index contributed by atoms with van der Waals surface area (Å²) >= 11 is 1.30. The fraction of sp³-hybridized carbons (Fsp3) is 0.320. The molecule has 2 atom stereocenters. The molecule has 0 radical (unpaired) electrons. The van der Waals surface area contributed by atoms with Crippen LogP contribution < -0.4 is 5.32 Å². The first-order valence-electron chi connectivity index (χ1n) is 11.5. The molecule has 2 unspecified atom stereocenters. The number of benzene rings is 1. The van der Waals surface area contributed by atoms with Gasteiger partial charge in [0.05, 0.1) is 16.3 Å². The van der Waals surface area contributed by atoms with Gasteiger partial charge in [-0.2, -0.15) is 0 Å². The third-order valence-corrected chi connectivity index (χ3v) is 8.24. The number of hydrogen-bond donors (Lipinski definition) is 3. The molecular formula is C25H21F3N4O2S. The number of fused-ring (bicyclic) bond motifs is 4. The molecule has 0 saturated heterocycles. The maximum absolute atomic E-state index is 15.8. The van der Waals surface area contributed by atoms with Crippen molar-refractivity contribution in [2.24, 2.45) is 17.8 Å². The summed E-state index contributed by atoms with van der Waals surface area (Å²) in [6.07, 6.45) is 4.93. The van der Waals surface area contributed by atoms with Crippen molar-refractivity contribution in [3.63, 3.8) is 0 Å². The smallest absolute Gasteiger partial charge is 0.308 e. The van der Waals surface area contributed by atoms with E-state index in [2.05, 4.69) is 20.3 Å². The van der Waals surface area contributed by atoms with Crippen molar-refractivity contribution in [3.05, 3.63) is 53.3 Å². The average Bonchev–Trinajstić information content (AvgIpc) is 3.51. The first-order chi connectivity index (χ1) is 16.9. The number of nitrogens with zero attached hydrogens (tertiary/aromatic N) is 2. The molecule has 6 nitrogen and oxygen atoms in total. The second kappa shape index (κ2) is 8.37. The number of carboxylic acids is 1. The Bertz CT molecular complexity index is 1430. The number of rotatable bonds is 5. The molecule has 10 heteroatoms. The van der Waals surface area contributed by atoms with Gasteiger partial charge in [-0.15, -0.1) is 11.3 Å². The van der Waals surface area contributed by atoms with E-state index in [-0.39, 0.29) is 40.1 Å². The fourth-order valence-electron chi connectivity index (χ4n) is 5.75. The van der Waals surface area contributed by atoms with Crippen LogP contribution in [0.1, 0.15) is 25.7 Å². The molecule has 3 aliphatic carbocycles. The van der Waals surface area contributed by atoms with Crippen molar-refractivity contribution >= 4 is 34.0 Å². The summed E-state index contributed by atoms with van der Waals surface area (Å²) in [5, 5.41) is 15.1. The van der Waals surface area contributed by atoms with Gasteiger partial charge in [-0.1, -0.05) is 6.07 Å². The van der Waals surface area contributed by atoms with Crippen LogP contribution in [-0.2, 0) is 4.79 Å². The Morgan fingerprint density at radius 3 is 2.60 bits per heavy atom. The Morgan fingerprint density at radius 2 is 1.89 bits per heavy atom. The number of carbonyl (C=O) groups is 1. The van der Waals surface area contributed by atoms with Crippen LogP contribution in [0.3, 0.4) is 0 Å². The minimum Gasteiger partial charge on any atom is -0.481 e. The number of anilines is 1. The topological polar surface area (TPSA) is 90.9 Å². The van der Waals surface area contributed by atoms with Gasteiger partial charge >= 0.3 is 5.97 Å². The number of hydrogen-bond acceptors (Lipinski definition) is 5. The van der Waals surface area contributed by atoms with E-state index in [0.717, 1.165) is 31.7 Å². The van der Waals surface area contributed by atoms with Crippen LogP contribution in [0, 0.1) is 35.2 Å². The van der Waals surface area contributed by atoms with Crippen molar-refractivity contribution < 1.29 is 23.1 Å². The monoisotopic (exact) mass is 498 g/mol. The van der Waals surface area contributed by atoms with E-state index in [4.69, 9.17) is 0 Å². The number of carboxylic acid groups (broad SMARTS) is 1. The number of H-pyrrole nitrogens is 1. The van der Waals surface area contributed by atoms with Crippen LogP contribution in [0.25, 0.3) is 32.9 Å². The number of aliphatic carboxylic acids is 1. The van der Waals surface area contributed by atoms with Gasteiger partial charge in [0.15, 0.2) is 17.5 Å². The highest BCUT2D eigenvalue weighted by atomic mass is 32.1. The molecule has 2 bridgehead atoms. The Hall–Kier alpha value is -3.40. The first-order valence-corrected chi connectivity index (χ1v) is 12.4. The number of halogens is 3. The van der Waals surface area contributed by atoms with Gasteiger partial charge in [0.25, 0.3) is 0 Å². The van der Waals surface area contributed by atoms with Crippen molar-refractivity contribution in [2.75, 3.05) is 5.32 Å². The third-order valence-electron chi connectivity index (χ3n) is 7.36. The molecule has 3 heterocycles. The second-order valence-corrected chi connectivity index (χ2v) is 10.2. The molecule has 0 aliphatic heterocycles. The molecule has 1 aromatic carbocycles. The van der Waals surface area contributed by atoms with Gasteiger partial charge in [0.1, 0.15) is 17.3 Å². The predicted octanol–water partition coefficient (Wildman–Crippen LogP) is 6.07. The van der Waals surface area contributed by atoms with Crippen LogP contribution in [0.2, 0.25) is 0 Å². The summed E-state index contributed by atoms with van der Waals surface area (Å²) in [5.41, 5.74) is 0.461. The van der Waals surface area contributed by atoms with Crippen molar-refractivity contribution in [1.29, 1.82) is 0 Å². The molecule has 4 aromatic rings.